The van der Waals surface area contributed by atoms with Crippen LogP contribution in [0.4, 0.5) is 0 Å². The Morgan fingerprint density at radius 3 is 2.57 bits per heavy atom. The van der Waals surface area contributed by atoms with Gasteiger partial charge in [-0.3, -0.25) is 4.90 Å². The Balaban J connectivity index is 1.58. The second-order valence-electron chi connectivity index (χ2n) is 8.07. The molecule has 1 aromatic heterocycles. The molecule has 2 bridgehead atoms. The van der Waals surface area contributed by atoms with Crippen LogP contribution in [-0.2, 0) is 20.7 Å². The van der Waals surface area contributed by atoms with Gasteiger partial charge in [0.05, 0.1) is 16.9 Å². The van der Waals surface area contributed by atoms with Crippen LogP contribution in [0, 0.1) is 0 Å². The van der Waals surface area contributed by atoms with E-state index in [9.17, 15) is 9.59 Å². The van der Waals surface area contributed by atoms with Gasteiger partial charge in [-0.05, 0) is 50.9 Å². The second kappa shape index (κ2) is 8.07. The molecule has 1 atom stereocenters. The van der Waals surface area contributed by atoms with E-state index >= 15 is 0 Å². The molecule has 1 fully saturated rings. The molecule has 7 nitrogen and oxygen atoms in total. The van der Waals surface area contributed by atoms with Crippen molar-refractivity contribution in [3.05, 3.63) is 47.7 Å². The molecule has 2 aromatic rings. The summed E-state index contributed by atoms with van der Waals surface area (Å²) in [5, 5.41) is 4.58. The molecular weight excluding hydrogens is 382 g/mol. The number of hydrogen-bond acceptors (Lipinski definition) is 6. The molecule has 0 spiro atoms. The number of rotatable bonds is 3. The molecule has 1 saturated heterocycles. The third-order valence-corrected chi connectivity index (χ3v) is 6.10. The summed E-state index contributed by atoms with van der Waals surface area (Å²) in [5.74, 6) is -1.77. The van der Waals surface area contributed by atoms with Crippen LogP contribution < -0.4 is 4.74 Å². The smallest absolute Gasteiger partial charge is 0.424 e. The normalized spacial score (nSPS) is 23.3. The third-order valence-electron chi connectivity index (χ3n) is 6.10. The number of ether oxygens (including phenoxy) is 2. The van der Waals surface area contributed by atoms with Gasteiger partial charge in [0.2, 0.25) is 5.88 Å². The standard InChI is InChI=1S/C23H25N3O4/c27-22-23(28)30-21-20-17(12-15-25-13-6-1-2-7-14-25)19(29-22)11-10-18(20)26(24-21)16-8-4-3-5-9-16/h3-5,8-9,12,19H,1-2,6-7,10-11,13-15H2/b17-12-. The molecule has 1 aliphatic carbocycles. The Morgan fingerprint density at radius 2 is 1.80 bits per heavy atom. The molecule has 3 aliphatic rings. The van der Waals surface area contributed by atoms with E-state index < -0.39 is 18.0 Å². The predicted molar refractivity (Wildman–Crippen MR) is 110 cm³/mol. The van der Waals surface area contributed by atoms with Gasteiger partial charge in [0, 0.05) is 12.1 Å². The molecule has 3 heterocycles. The average Bonchev–Trinajstić information content (AvgIpc) is 2.93. The van der Waals surface area contributed by atoms with Crippen LogP contribution in [0.25, 0.3) is 11.3 Å². The van der Waals surface area contributed by atoms with E-state index in [4.69, 9.17) is 9.47 Å². The largest absolute Gasteiger partial charge is 0.449 e. The summed E-state index contributed by atoms with van der Waals surface area (Å²) in [6, 6.07) is 9.77. The van der Waals surface area contributed by atoms with E-state index in [-0.39, 0.29) is 5.88 Å². The van der Waals surface area contributed by atoms with Crippen molar-refractivity contribution >= 4 is 17.5 Å². The van der Waals surface area contributed by atoms with Crippen LogP contribution in [0.5, 0.6) is 5.88 Å². The summed E-state index contributed by atoms with van der Waals surface area (Å²) in [7, 11) is 0. The van der Waals surface area contributed by atoms with Gasteiger partial charge in [0.25, 0.3) is 0 Å². The molecule has 1 aromatic carbocycles. The van der Waals surface area contributed by atoms with Gasteiger partial charge < -0.3 is 9.47 Å². The van der Waals surface area contributed by atoms with Crippen LogP contribution in [0.15, 0.2) is 36.4 Å². The van der Waals surface area contributed by atoms with E-state index in [0.29, 0.717) is 12.8 Å². The molecule has 0 N–H and O–H groups in total. The van der Waals surface area contributed by atoms with Gasteiger partial charge in [-0.15, -0.1) is 5.10 Å². The maximum atomic E-state index is 12.2. The van der Waals surface area contributed by atoms with Crippen LogP contribution >= 0.6 is 0 Å². The number of benzene rings is 1. The lowest BCUT2D eigenvalue weighted by Crippen LogP contribution is -2.34. The molecule has 5 rings (SSSR count). The van der Waals surface area contributed by atoms with Crippen LogP contribution in [-0.4, -0.2) is 52.4 Å². The maximum Gasteiger partial charge on any atom is 0.424 e. The topological polar surface area (TPSA) is 73.7 Å². The van der Waals surface area contributed by atoms with E-state index in [1.54, 1.807) is 0 Å². The Hall–Kier alpha value is -2.93. The molecule has 1 unspecified atom stereocenters. The summed E-state index contributed by atoms with van der Waals surface area (Å²) < 4.78 is 12.7. The van der Waals surface area contributed by atoms with E-state index in [1.165, 1.54) is 25.7 Å². The number of fused-ring (bicyclic) bond motifs is 1. The molecule has 0 saturated carbocycles. The molecule has 30 heavy (non-hydrogen) atoms. The maximum absolute atomic E-state index is 12.2. The summed E-state index contributed by atoms with van der Waals surface area (Å²) in [6.07, 6.45) is 7.98. The van der Waals surface area contributed by atoms with Gasteiger partial charge in [0.1, 0.15) is 6.10 Å². The highest BCUT2D eigenvalue weighted by Gasteiger charge is 2.39. The monoisotopic (exact) mass is 407 g/mol. The highest BCUT2D eigenvalue weighted by atomic mass is 16.6. The Labute approximate surface area is 175 Å². The first-order chi connectivity index (χ1) is 14.7. The Kier molecular flexibility index (Phi) is 5.12. The van der Waals surface area contributed by atoms with Crippen LogP contribution in [0.3, 0.4) is 0 Å². The molecular formula is C23H25N3O4. The van der Waals surface area contributed by atoms with Crippen molar-refractivity contribution in [2.75, 3.05) is 19.6 Å². The molecule has 7 heteroatoms. The summed E-state index contributed by atoms with van der Waals surface area (Å²) in [5.41, 5.74) is 3.58. The first kappa shape index (κ1) is 19.1. The highest BCUT2D eigenvalue weighted by Crippen LogP contribution is 2.41. The second-order valence-corrected chi connectivity index (χ2v) is 8.07. The van der Waals surface area contributed by atoms with Crippen LogP contribution in [0.1, 0.15) is 43.4 Å². The number of para-hydroxylation sites is 1. The molecule has 0 amide bonds. The lowest BCUT2D eigenvalue weighted by atomic mass is 9.88. The average molecular weight is 407 g/mol. The minimum Gasteiger partial charge on any atom is -0.449 e. The first-order valence-electron chi connectivity index (χ1n) is 10.7. The van der Waals surface area contributed by atoms with E-state index in [1.807, 2.05) is 35.0 Å². The lowest BCUT2D eigenvalue weighted by molar-refractivity contribution is -0.164. The van der Waals surface area contributed by atoms with Gasteiger partial charge >= 0.3 is 11.9 Å². The number of esters is 2. The van der Waals surface area contributed by atoms with Crippen molar-refractivity contribution < 1.29 is 19.1 Å². The Bertz CT molecular complexity index is 987. The number of carbonyl (C=O) groups excluding carboxylic acids is 2. The number of hydrogen-bond donors (Lipinski definition) is 0. The highest BCUT2D eigenvalue weighted by molar-refractivity contribution is 6.30. The van der Waals surface area contributed by atoms with Crippen molar-refractivity contribution in [3.8, 4) is 11.6 Å². The number of carbonyl (C=O) groups is 2. The number of likely N-dealkylation sites (tertiary alicyclic amines) is 1. The van der Waals surface area contributed by atoms with Gasteiger partial charge in [-0.25, -0.2) is 14.3 Å². The fraction of sp³-hybridized carbons (Fsp3) is 0.435. The number of nitrogens with zero attached hydrogens (tertiary/aromatic N) is 3. The summed E-state index contributed by atoms with van der Waals surface area (Å²) in [6.45, 7) is 2.94. The van der Waals surface area contributed by atoms with Gasteiger partial charge in [-0.1, -0.05) is 37.1 Å². The zero-order valence-electron chi connectivity index (χ0n) is 16.9. The Morgan fingerprint density at radius 1 is 1.03 bits per heavy atom. The van der Waals surface area contributed by atoms with Crippen molar-refractivity contribution in [1.29, 1.82) is 0 Å². The van der Waals surface area contributed by atoms with Crippen molar-refractivity contribution in [2.24, 2.45) is 0 Å². The van der Waals surface area contributed by atoms with Crippen LogP contribution in [0.2, 0.25) is 0 Å². The predicted octanol–water partition coefficient (Wildman–Crippen LogP) is 2.91. The zero-order chi connectivity index (χ0) is 20.5. The van der Waals surface area contributed by atoms with Crippen molar-refractivity contribution in [2.45, 2.75) is 44.6 Å². The lowest BCUT2D eigenvalue weighted by Gasteiger charge is -2.28. The minimum atomic E-state index is -1.01. The quantitative estimate of drug-likeness (QED) is 0.575. The van der Waals surface area contributed by atoms with E-state index in [2.05, 4.69) is 16.1 Å². The van der Waals surface area contributed by atoms with Gasteiger partial charge in [-0.2, -0.15) is 0 Å². The van der Waals surface area contributed by atoms with Gasteiger partial charge in [0.15, 0.2) is 0 Å². The van der Waals surface area contributed by atoms with E-state index in [0.717, 1.165) is 42.2 Å². The molecule has 156 valence electrons. The minimum absolute atomic E-state index is 0.197. The first-order valence-corrected chi connectivity index (χ1v) is 10.7. The molecule has 2 aliphatic heterocycles. The SMILES string of the molecule is O=C1Oc2nn(-c3ccccc3)c3c2/C(=C\CN2CCCCCC2)C(CC3)OC1=O. The van der Waals surface area contributed by atoms with Crippen molar-refractivity contribution in [1.82, 2.24) is 14.7 Å². The fourth-order valence-electron chi connectivity index (χ4n) is 4.60. The fourth-order valence-corrected chi connectivity index (χ4v) is 4.60. The zero-order valence-corrected chi connectivity index (χ0v) is 16.9. The summed E-state index contributed by atoms with van der Waals surface area (Å²) >= 11 is 0. The summed E-state index contributed by atoms with van der Waals surface area (Å²) in [4.78, 5) is 26.7. The third kappa shape index (κ3) is 3.54. The molecule has 0 radical (unpaired) electrons. The number of aromatic nitrogens is 2. The van der Waals surface area contributed by atoms with Crippen molar-refractivity contribution in [3.63, 3.8) is 0 Å².